The van der Waals surface area contributed by atoms with Gasteiger partial charge in [-0.1, -0.05) is 30.3 Å². The molecule has 3 aliphatic rings. The molecule has 1 amide bonds. The second-order valence-corrected chi connectivity index (χ2v) is 10.3. The Hall–Kier alpha value is -2.37. The highest BCUT2D eigenvalue weighted by atomic mass is 16.5. The molecule has 182 valence electrons. The fourth-order valence-electron chi connectivity index (χ4n) is 5.47. The third kappa shape index (κ3) is 5.31. The molecule has 5 nitrogen and oxygen atoms in total. The fraction of sp³-hybridized carbons (Fsp3) is 0.552. The zero-order valence-electron chi connectivity index (χ0n) is 20.6. The number of piperidine rings is 1. The Bertz CT molecular complexity index is 997. The first kappa shape index (κ1) is 23.4. The lowest BCUT2D eigenvalue weighted by Crippen LogP contribution is -2.47. The molecule has 5 rings (SSSR count). The quantitative estimate of drug-likeness (QED) is 0.645. The van der Waals surface area contributed by atoms with Crippen LogP contribution in [-0.2, 0) is 16.1 Å². The SMILES string of the molecule is Cc1cccc(CN(C(=O)[C@H]2CNCC[C@@H]2c2cccc(OC3CCOCC3)c2)C2CC2)c1C. The van der Waals surface area contributed by atoms with E-state index in [-0.39, 0.29) is 17.9 Å². The van der Waals surface area contributed by atoms with E-state index in [1.165, 1.54) is 22.3 Å². The van der Waals surface area contributed by atoms with E-state index in [1.54, 1.807) is 0 Å². The Kier molecular flexibility index (Phi) is 7.21. The van der Waals surface area contributed by atoms with Crippen molar-refractivity contribution in [3.63, 3.8) is 0 Å². The zero-order valence-corrected chi connectivity index (χ0v) is 20.6. The third-order valence-corrected chi connectivity index (χ3v) is 7.88. The van der Waals surface area contributed by atoms with Crippen LogP contribution in [0.3, 0.4) is 0 Å². The molecule has 0 aromatic heterocycles. The van der Waals surface area contributed by atoms with Crippen molar-refractivity contribution in [2.75, 3.05) is 26.3 Å². The van der Waals surface area contributed by atoms with Gasteiger partial charge in [-0.25, -0.2) is 0 Å². The predicted molar refractivity (Wildman–Crippen MR) is 134 cm³/mol. The first-order valence-corrected chi connectivity index (χ1v) is 13.0. The van der Waals surface area contributed by atoms with Gasteiger partial charge in [0.1, 0.15) is 11.9 Å². The molecular formula is C29H38N2O3. The maximum Gasteiger partial charge on any atom is 0.228 e. The smallest absolute Gasteiger partial charge is 0.228 e. The number of rotatable bonds is 7. The van der Waals surface area contributed by atoms with Gasteiger partial charge >= 0.3 is 0 Å². The van der Waals surface area contributed by atoms with Crippen LogP contribution in [0.25, 0.3) is 0 Å². The van der Waals surface area contributed by atoms with Crippen LogP contribution in [0.2, 0.25) is 0 Å². The molecule has 2 saturated heterocycles. The van der Waals surface area contributed by atoms with Crippen molar-refractivity contribution in [3.8, 4) is 5.75 Å². The van der Waals surface area contributed by atoms with Crippen LogP contribution in [0.5, 0.6) is 5.75 Å². The molecule has 5 heteroatoms. The molecule has 1 N–H and O–H groups in total. The molecule has 2 atom stereocenters. The lowest BCUT2D eigenvalue weighted by Gasteiger charge is -2.36. The highest BCUT2D eigenvalue weighted by molar-refractivity contribution is 5.81. The van der Waals surface area contributed by atoms with Crippen LogP contribution < -0.4 is 10.1 Å². The summed E-state index contributed by atoms with van der Waals surface area (Å²) in [7, 11) is 0. The third-order valence-electron chi connectivity index (χ3n) is 7.88. The lowest BCUT2D eigenvalue weighted by molar-refractivity contribution is -0.138. The van der Waals surface area contributed by atoms with Crippen LogP contribution in [0.1, 0.15) is 60.3 Å². The number of benzene rings is 2. The summed E-state index contributed by atoms with van der Waals surface area (Å²) in [5.74, 6) is 1.39. The van der Waals surface area contributed by atoms with Crippen LogP contribution in [0.4, 0.5) is 0 Å². The van der Waals surface area contributed by atoms with Crippen molar-refractivity contribution >= 4 is 5.91 Å². The first-order chi connectivity index (χ1) is 16.6. The van der Waals surface area contributed by atoms with Gasteiger partial charge in [0.2, 0.25) is 5.91 Å². The average Bonchev–Trinajstić information content (AvgIpc) is 3.71. The van der Waals surface area contributed by atoms with E-state index in [2.05, 4.69) is 60.5 Å². The number of aryl methyl sites for hydroxylation is 1. The topological polar surface area (TPSA) is 50.8 Å². The minimum absolute atomic E-state index is 0.0437. The Labute approximate surface area is 203 Å². The minimum atomic E-state index is -0.0437. The normalized spacial score (nSPS) is 23.5. The van der Waals surface area contributed by atoms with E-state index in [4.69, 9.17) is 9.47 Å². The molecule has 2 aliphatic heterocycles. The van der Waals surface area contributed by atoms with E-state index in [1.807, 2.05) is 6.07 Å². The van der Waals surface area contributed by atoms with E-state index < -0.39 is 0 Å². The van der Waals surface area contributed by atoms with Gasteiger partial charge in [0, 0.05) is 32.0 Å². The second kappa shape index (κ2) is 10.5. The number of ether oxygens (including phenoxy) is 2. The van der Waals surface area contributed by atoms with Gasteiger partial charge in [-0.3, -0.25) is 4.79 Å². The summed E-state index contributed by atoms with van der Waals surface area (Å²) in [6.07, 6.45) is 5.31. The van der Waals surface area contributed by atoms with Crippen LogP contribution in [-0.4, -0.2) is 49.3 Å². The van der Waals surface area contributed by atoms with Crippen molar-refractivity contribution in [1.29, 1.82) is 0 Å². The number of nitrogens with one attached hydrogen (secondary N) is 1. The number of hydrogen-bond acceptors (Lipinski definition) is 4. The molecule has 2 aromatic rings. The van der Waals surface area contributed by atoms with Crippen molar-refractivity contribution in [2.45, 2.75) is 70.6 Å². The summed E-state index contributed by atoms with van der Waals surface area (Å²) >= 11 is 0. The molecule has 2 heterocycles. The lowest BCUT2D eigenvalue weighted by atomic mass is 9.80. The standard InChI is InChI=1S/C29H38N2O3/c1-20-5-3-7-23(21(20)2)19-31(24-9-10-24)29(32)28-18-30-14-11-27(28)22-6-4-8-26(17-22)34-25-12-15-33-16-13-25/h3-8,17,24-25,27-28,30H,9-16,18-19H2,1-2H3/t27-,28+/m1/s1. The summed E-state index contributed by atoms with van der Waals surface area (Å²) in [6.45, 7) is 8.27. The summed E-state index contributed by atoms with van der Waals surface area (Å²) < 4.78 is 11.8. The van der Waals surface area contributed by atoms with Crippen LogP contribution >= 0.6 is 0 Å². The van der Waals surface area contributed by atoms with E-state index >= 15 is 0 Å². The average molecular weight is 463 g/mol. The predicted octanol–water partition coefficient (Wildman–Crippen LogP) is 4.75. The molecule has 1 saturated carbocycles. The Balaban J connectivity index is 1.35. The summed E-state index contributed by atoms with van der Waals surface area (Å²) in [6, 6.07) is 15.3. The maximum absolute atomic E-state index is 14.0. The second-order valence-electron chi connectivity index (χ2n) is 10.3. The first-order valence-electron chi connectivity index (χ1n) is 13.0. The number of nitrogens with zero attached hydrogens (tertiary/aromatic N) is 1. The van der Waals surface area contributed by atoms with E-state index in [0.29, 0.717) is 18.5 Å². The number of amides is 1. The number of hydrogen-bond donors (Lipinski definition) is 1. The summed E-state index contributed by atoms with van der Waals surface area (Å²) in [4.78, 5) is 16.2. The van der Waals surface area contributed by atoms with Crippen molar-refractivity contribution in [1.82, 2.24) is 10.2 Å². The van der Waals surface area contributed by atoms with Gasteiger partial charge in [-0.2, -0.15) is 0 Å². The van der Waals surface area contributed by atoms with Gasteiger partial charge in [0.15, 0.2) is 0 Å². The molecule has 0 spiro atoms. The van der Waals surface area contributed by atoms with Crippen molar-refractivity contribution in [3.05, 3.63) is 64.7 Å². The number of carbonyl (C=O) groups excluding carboxylic acids is 1. The largest absolute Gasteiger partial charge is 0.490 e. The van der Waals surface area contributed by atoms with Gasteiger partial charge < -0.3 is 19.7 Å². The highest BCUT2D eigenvalue weighted by Crippen LogP contribution is 2.37. The molecular weight excluding hydrogens is 424 g/mol. The molecule has 0 bridgehead atoms. The Morgan fingerprint density at radius 2 is 1.85 bits per heavy atom. The molecule has 0 unspecified atom stereocenters. The summed E-state index contributed by atoms with van der Waals surface area (Å²) in [5, 5.41) is 3.50. The fourth-order valence-corrected chi connectivity index (χ4v) is 5.47. The van der Waals surface area contributed by atoms with E-state index in [9.17, 15) is 4.79 Å². The van der Waals surface area contributed by atoms with Gasteiger partial charge in [0.05, 0.1) is 19.1 Å². The maximum atomic E-state index is 14.0. The number of carbonyl (C=O) groups is 1. The van der Waals surface area contributed by atoms with Crippen LogP contribution in [0.15, 0.2) is 42.5 Å². The molecule has 34 heavy (non-hydrogen) atoms. The molecule has 0 radical (unpaired) electrons. The molecule has 3 fully saturated rings. The van der Waals surface area contributed by atoms with Crippen molar-refractivity contribution < 1.29 is 14.3 Å². The summed E-state index contributed by atoms with van der Waals surface area (Å²) in [5.41, 5.74) is 5.09. The van der Waals surface area contributed by atoms with Gasteiger partial charge in [-0.15, -0.1) is 0 Å². The Morgan fingerprint density at radius 1 is 1.06 bits per heavy atom. The van der Waals surface area contributed by atoms with Crippen LogP contribution in [0, 0.1) is 19.8 Å². The zero-order chi connectivity index (χ0) is 23.5. The highest BCUT2D eigenvalue weighted by Gasteiger charge is 2.40. The molecule has 2 aromatic carbocycles. The minimum Gasteiger partial charge on any atom is -0.490 e. The van der Waals surface area contributed by atoms with E-state index in [0.717, 1.165) is 64.2 Å². The Morgan fingerprint density at radius 3 is 2.65 bits per heavy atom. The molecule has 1 aliphatic carbocycles. The monoisotopic (exact) mass is 462 g/mol. The van der Waals surface area contributed by atoms with Gasteiger partial charge in [0.25, 0.3) is 0 Å². The van der Waals surface area contributed by atoms with Crippen molar-refractivity contribution in [2.24, 2.45) is 5.92 Å². The van der Waals surface area contributed by atoms with Gasteiger partial charge in [-0.05, 0) is 80.0 Å².